The van der Waals surface area contributed by atoms with Gasteiger partial charge in [0.2, 0.25) is 0 Å². The van der Waals surface area contributed by atoms with E-state index in [1.54, 1.807) is 36.4 Å². The number of fused-ring (bicyclic) bond motifs is 1. The number of carbonyl (C=O) groups is 3. The van der Waals surface area contributed by atoms with Gasteiger partial charge in [0.25, 0.3) is 17.5 Å². The van der Waals surface area contributed by atoms with E-state index in [1.807, 2.05) is 0 Å². The molecular weight excluding hydrogens is 492 g/mol. The molecule has 2 fully saturated rings. The van der Waals surface area contributed by atoms with Gasteiger partial charge in [0.15, 0.2) is 6.29 Å². The van der Waals surface area contributed by atoms with Gasteiger partial charge >= 0.3 is 5.97 Å². The van der Waals surface area contributed by atoms with E-state index in [0.29, 0.717) is 29.5 Å². The Balaban J connectivity index is 1.26. The van der Waals surface area contributed by atoms with E-state index in [2.05, 4.69) is 0 Å². The average Bonchev–Trinajstić information content (AvgIpc) is 3.17. The number of rotatable bonds is 8. The Kier molecular flexibility index (Phi) is 7.80. The van der Waals surface area contributed by atoms with Gasteiger partial charge in [0, 0.05) is 30.7 Å². The molecule has 0 aromatic heterocycles. The van der Waals surface area contributed by atoms with Crippen molar-refractivity contribution in [2.75, 3.05) is 6.54 Å². The summed E-state index contributed by atoms with van der Waals surface area (Å²) in [4.78, 5) is 50.1. The van der Waals surface area contributed by atoms with Crippen LogP contribution in [0.15, 0.2) is 48.5 Å². The van der Waals surface area contributed by atoms with Crippen LogP contribution in [0.4, 0.5) is 5.69 Å². The molecule has 0 radical (unpaired) electrons. The molecule has 2 aromatic carbocycles. The Morgan fingerprint density at radius 2 is 1.58 bits per heavy atom. The third kappa shape index (κ3) is 5.76. The monoisotopic (exact) mass is 522 g/mol. The van der Waals surface area contributed by atoms with Crippen molar-refractivity contribution in [1.82, 2.24) is 4.90 Å². The lowest BCUT2D eigenvalue weighted by atomic mass is 9.97. The second-order valence-corrected chi connectivity index (χ2v) is 9.98. The minimum absolute atomic E-state index is 0.0485. The van der Waals surface area contributed by atoms with Crippen molar-refractivity contribution in [3.63, 3.8) is 0 Å². The van der Waals surface area contributed by atoms with Crippen LogP contribution in [0, 0.1) is 10.1 Å². The van der Waals surface area contributed by atoms with Crippen LogP contribution in [0.25, 0.3) is 0 Å². The Hall–Kier alpha value is -3.63. The zero-order chi connectivity index (χ0) is 26.6. The van der Waals surface area contributed by atoms with Crippen LogP contribution in [0.3, 0.4) is 0 Å². The van der Waals surface area contributed by atoms with E-state index in [9.17, 15) is 24.5 Å². The summed E-state index contributed by atoms with van der Waals surface area (Å²) in [6.45, 7) is 0.156. The summed E-state index contributed by atoms with van der Waals surface area (Å²) < 4.78 is 17.9. The molecule has 0 N–H and O–H groups in total. The molecule has 2 aromatic rings. The number of nitro groups is 1. The number of hydrogen-bond acceptors (Lipinski definition) is 8. The van der Waals surface area contributed by atoms with Crippen molar-refractivity contribution in [3.05, 3.63) is 75.3 Å². The molecule has 200 valence electrons. The second-order valence-electron chi connectivity index (χ2n) is 9.98. The lowest BCUT2D eigenvalue weighted by Crippen LogP contribution is -2.39. The highest BCUT2D eigenvalue weighted by Gasteiger charge is 2.38. The zero-order valence-electron chi connectivity index (χ0n) is 21.0. The lowest BCUT2D eigenvalue weighted by molar-refractivity contribution is -0.384. The quantitative estimate of drug-likeness (QED) is 0.211. The van der Waals surface area contributed by atoms with E-state index in [4.69, 9.17) is 14.2 Å². The lowest BCUT2D eigenvalue weighted by Gasteiger charge is -2.36. The molecule has 10 heteroatoms. The first kappa shape index (κ1) is 26.0. The van der Waals surface area contributed by atoms with Crippen LogP contribution in [0.5, 0.6) is 0 Å². The molecule has 2 heterocycles. The molecule has 1 aliphatic carbocycles. The fourth-order valence-corrected chi connectivity index (χ4v) is 5.33. The third-order valence-electron chi connectivity index (χ3n) is 7.33. The van der Waals surface area contributed by atoms with Gasteiger partial charge in [0.1, 0.15) is 6.10 Å². The van der Waals surface area contributed by atoms with E-state index in [-0.39, 0.29) is 42.5 Å². The Morgan fingerprint density at radius 1 is 0.947 bits per heavy atom. The number of imide groups is 1. The Bertz CT molecular complexity index is 1170. The maximum Gasteiger partial charge on any atom is 0.308 e. The predicted octanol–water partition coefficient (Wildman–Crippen LogP) is 4.72. The van der Waals surface area contributed by atoms with E-state index < -0.39 is 23.4 Å². The van der Waals surface area contributed by atoms with Gasteiger partial charge in [0.05, 0.1) is 34.7 Å². The molecule has 10 nitrogen and oxygen atoms in total. The topological polar surface area (TPSA) is 125 Å². The van der Waals surface area contributed by atoms with Crippen molar-refractivity contribution in [1.29, 1.82) is 0 Å². The molecule has 0 spiro atoms. The Morgan fingerprint density at radius 3 is 2.21 bits per heavy atom. The number of nitrogens with zero attached hydrogens (tertiary/aromatic N) is 2. The molecule has 5 rings (SSSR count). The third-order valence-corrected chi connectivity index (χ3v) is 7.33. The zero-order valence-corrected chi connectivity index (χ0v) is 21.0. The van der Waals surface area contributed by atoms with Crippen LogP contribution in [0.2, 0.25) is 0 Å². The van der Waals surface area contributed by atoms with Crippen LogP contribution in [-0.4, -0.2) is 52.5 Å². The summed E-state index contributed by atoms with van der Waals surface area (Å²) in [6.07, 6.45) is 3.93. The van der Waals surface area contributed by atoms with Crippen molar-refractivity contribution in [3.8, 4) is 0 Å². The maximum absolute atomic E-state index is 12.8. The largest absolute Gasteiger partial charge is 0.462 e. The molecule has 2 amide bonds. The van der Waals surface area contributed by atoms with E-state index >= 15 is 0 Å². The highest BCUT2D eigenvalue weighted by atomic mass is 16.7. The number of hydrogen-bond donors (Lipinski definition) is 0. The molecule has 3 aliphatic rings. The van der Waals surface area contributed by atoms with Crippen molar-refractivity contribution >= 4 is 23.5 Å². The minimum atomic E-state index is -0.857. The number of esters is 1. The predicted molar refractivity (Wildman–Crippen MR) is 134 cm³/mol. The van der Waals surface area contributed by atoms with Crippen LogP contribution >= 0.6 is 0 Å². The van der Waals surface area contributed by atoms with Crippen LogP contribution < -0.4 is 0 Å². The summed E-state index contributed by atoms with van der Waals surface area (Å²) >= 11 is 0. The summed E-state index contributed by atoms with van der Waals surface area (Å²) in [5.41, 5.74) is 1.29. The second kappa shape index (κ2) is 11.4. The minimum Gasteiger partial charge on any atom is -0.462 e. The first-order chi connectivity index (χ1) is 18.4. The number of carbonyl (C=O) groups excluding carboxylic acids is 3. The average molecular weight is 523 g/mol. The number of benzene rings is 2. The van der Waals surface area contributed by atoms with Crippen molar-refractivity contribution in [2.45, 2.75) is 76.0 Å². The van der Waals surface area contributed by atoms with Gasteiger partial charge in [-0.15, -0.1) is 0 Å². The fraction of sp³-hybridized carbons (Fsp3) is 0.464. The van der Waals surface area contributed by atoms with Crippen molar-refractivity contribution < 1.29 is 33.5 Å². The summed E-state index contributed by atoms with van der Waals surface area (Å²) in [6, 6.07) is 12.6. The van der Waals surface area contributed by atoms with Gasteiger partial charge in [-0.1, -0.05) is 18.6 Å². The molecular formula is C28H30N2O8. The summed E-state index contributed by atoms with van der Waals surface area (Å²) in [5.74, 6) is -1.00. The maximum atomic E-state index is 12.8. The van der Waals surface area contributed by atoms with E-state index in [0.717, 1.165) is 32.1 Å². The highest BCUT2D eigenvalue weighted by molar-refractivity contribution is 6.21. The smallest absolute Gasteiger partial charge is 0.308 e. The Labute approximate surface area is 220 Å². The number of nitro benzene ring substituents is 1. The van der Waals surface area contributed by atoms with Crippen LogP contribution in [-0.2, 0) is 19.0 Å². The van der Waals surface area contributed by atoms with Gasteiger partial charge < -0.3 is 14.2 Å². The van der Waals surface area contributed by atoms with Gasteiger partial charge in [-0.3, -0.25) is 29.4 Å². The number of amides is 2. The highest BCUT2D eigenvalue weighted by Crippen LogP contribution is 2.34. The molecule has 1 saturated heterocycles. The van der Waals surface area contributed by atoms with Gasteiger partial charge in [-0.25, -0.2) is 0 Å². The summed E-state index contributed by atoms with van der Waals surface area (Å²) in [7, 11) is 0. The van der Waals surface area contributed by atoms with Crippen molar-refractivity contribution in [2.24, 2.45) is 0 Å². The summed E-state index contributed by atoms with van der Waals surface area (Å²) in [5, 5.41) is 11.1. The molecule has 2 aliphatic heterocycles. The first-order valence-electron chi connectivity index (χ1n) is 13.1. The van der Waals surface area contributed by atoms with Gasteiger partial charge in [-0.2, -0.15) is 0 Å². The standard InChI is InChI=1S/C28H30N2O8/c31-25(36-20-6-2-1-3-7-20)17-22-16-21(37-28(38-22)18-10-12-19(13-11-18)30(34)35)14-15-29-26(32)23-8-4-5-9-24(23)27(29)33/h4-5,8-13,20-22,28H,1-3,6-7,14-17H2/t21-,22-,28-/m1/s1. The fourth-order valence-electron chi connectivity index (χ4n) is 5.33. The molecule has 1 saturated carbocycles. The SMILES string of the molecule is O=C(C[C@H]1C[C@@H](CCN2C(=O)c3ccccc3C2=O)O[C@@H](c2ccc([N+](=O)[O-])cc2)O1)OC1CCCCC1. The van der Waals surface area contributed by atoms with Crippen LogP contribution in [0.1, 0.15) is 83.9 Å². The number of ether oxygens (including phenoxy) is 3. The molecule has 0 unspecified atom stereocenters. The normalized spacial score (nSPS) is 23.8. The molecule has 0 bridgehead atoms. The van der Waals surface area contributed by atoms with E-state index in [1.165, 1.54) is 17.0 Å². The molecule has 38 heavy (non-hydrogen) atoms. The first-order valence-corrected chi connectivity index (χ1v) is 13.1. The number of non-ortho nitro benzene ring substituents is 1. The molecule has 3 atom stereocenters. The van der Waals surface area contributed by atoms with Gasteiger partial charge in [-0.05, 0) is 56.4 Å².